The van der Waals surface area contributed by atoms with Crippen LogP contribution in [-0.4, -0.2) is 7.11 Å². The molecule has 0 aliphatic heterocycles. The van der Waals surface area contributed by atoms with Crippen LogP contribution in [0.5, 0.6) is 5.75 Å². The van der Waals surface area contributed by atoms with Crippen LogP contribution in [0.2, 0.25) is 0 Å². The number of methoxy groups -OCH3 is 1. The van der Waals surface area contributed by atoms with E-state index in [2.05, 4.69) is 10.6 Å². The van der Waals surface area contributed by atoms with Crippen LogP contribution in [0.25, 0.3) is 0 Å². The molecule has 37 heavy (non-hydrogen) atoms. The molecule has 0 fully saturated rings. The summed E-state index contributed by atoms with van der Waals surface area (Å²) in [6.45, 7) is 3.15. The summed E-state index contributed by atoms with van der Waals surface area (Å²) in [6, 6.07) is 22.2. The minimum atomic E-state index is 0.529. The predicted molar refractivity (Wildman–Crippen MR) is 158 cm³/mol. The summed E-state index contributed by atoms with van der Waals surface area (Å²) >= 11 is 0. The number of ether oxygens (including phenoxy) is 1. The summed E-state index contributed by atoms with van der Waals surface area (Å²) < 4.78 is 5.27. The predicted octanol–water partition coefficient (Wildman–Crippen LogP) is 4.41. The van der Waals surface area contributed by atoms with Crippen LogP contribution in [0.3, 0.4) is 0 Å². The molecule has 4 aromatic rings. The van der Waals surface area contributed by atoms with Gasteiger partial charge in [0.2, 0.25) is 0 Å². The highest BCUT2D eigenvalue weighted by Crippen LogP contribution is 2.31. The first-order valence-electron chi connectivity index (χ1n) is 11.7. The molecule has 194 valence electrons. The molecule has 0 spiro atoms. The number of anilines is 8. The monoisotopic (exact) mass is 500 g/mol. The van der Waals surface area contributed by atoms with Crippen LogP contribution in [0.4, 0.5) is 45.5 Å². The van der Waals surface area contributed by atoms with E-state index in [1.807, 2.05) is 61.5 Å². The van der Waals surface area contributed by atoms with E-state index in [1.165, 1.54) is 0 Å². The molecular weight excluding hydrogens is 464 g/mol. The maximum absolute atomic E-state index is 5.94. The topological polar surface area (TPSA) is 189 Å². The third kappa shape index (κ3) is 7.04. The number of rotatable bonds is 7. The van der Waals surface area contributed by atoms with Gasteiger partial charge in [0.1, 0.15) is 11.4 Å². The number of nitrogens with two attached hydrogens (primary N) is 6. The molecule has 0 radical (unpaired) electrons. The van der Waals surface area contributed by atoms with Crippen molar-refractivity contribution in [2.45, 2.75) is 20.0 Å². The molecule has 0 aliphatic carbocycles. The first-order chi connectivity index (χ1) is 17.7. The molecule has 9 nitrogen and oxygen atoms in total. The van der Waals surface area contributed by atoms with Crippen LogP contribution in [-0.2, 0) is 13.1 Å². The zero-order chi connectivity index (χ0) is 26.9. The molecule has 14 N–H and O–H groups in total. The highest BCUT2D eigenvalue weighted by molar-refractivity contribution is 5.74. The van der Waals surface area contributed by atoms with E-state index in [9.17, 15) is 0 Å². The lowest BCUT2D eigenvalue weighted by atomic mass is 10.1. The Morgan fingerprint density at radius 3 is 1.59 bits per heavy atom. The number of hydrogen-bond acceptors (Lipinski definition) is 9. The molecule has 0 aliphatic rings. The average Bonchev–Trinajstić information content (AvgIpc) is 2.87. The Balaban J connectivity index is 0.000000206. The molecule has 0 saturated heterocycles. The van der Waals surface area contributed by atoms with Gasteiger partial charge in [0.15, 0.2) is 0 Å². The Kier molecular flexibility index (Phi) is 8.77. The lowest BCUT2D eigenvalue weighted by molar-refractivity contribution is 0.416. The van der Waals surface area contributed by atoms with Crippen molar-refractivity contribution in [1.82, 2.24) is 0 Å². The van der Waals surface area contributed by atoms with Crippen molar-refractivity contribution in [3.8, 4) is 5.75 Å². The van der Waals surface area contributed by atoms with Gasteiger partial charge in [-0.3, -0.25) is 0 Å². The Morgan fingerprint density at radius 1 is 0.595 bits per heavy atom. The quantitative estimate of drug-likeness (QED) is 0.170. The van der Waals surface area contributed by atoms with Crippen molar-refractivity contribution >= 4 is 45.5 Å². The number of nitrogens with one attached hydrogen (secondary N) is 2. The van der Waals surface area contributed by atoms with Gasteiger partial charge in [0, 0.05) is 35.8 Å². The van der Waals surface area contributed by atoms with E-state index in [1.54, 1.807) is 25.3 Å². The molecule has 4 aromatic carbocycles. The molecule has 0 bridgehead atoms. The van der Waals surface area contributed by atoms with Gasteiger partial charge in [0.05, 0.1) is 24.2 Å². The van der Waals surface area contributed by atoms with E-state index in [-0.39, 0.29) is 0 Å². The first kappa shape index (κ1) is 26.7. The van der Waals surface area contributed by atoms with Gasteiger partial charge in [-0.05, 0) is 78.2 Å². The zero-order valence-electron chi connectivity index (χ0n) is 21.2. The molecule has 0 saturated carbocycles. The fraction of sp³-hybridized carbons (Fsp3) is 0.143. The summed E-state index contributed by atoms with van der Waals surface area (Å²) in [5.41, 5.74) is 44.0. The molecule has 0 atom stereocenters. The van der Waals surface area contributed by atoms with Crippen molar-refractivity contribution < 1.29 is 4.74 Å². The number of para-hydroxylation sites is 2. The summed E-state index contributed by atoms with van der Waals surface area (Å²) in [7, 11) is 1.61. The normalized spacial score (nSPS) is 10.2. The van der Waals surface area contributed by atoms with Crippen LogP contribution < -0.4 is 49.8 Å². The van der Waals surface area contributed by atoms with Gasteiger partial charge in [-0.25, -0.2) is 0 Å². The number of benzene rings is 4. The van der Waals surface area contributed by atoms with E-state index in [0.717, 1.165) is 39.4 Å². The summed E-state index contributed by atoms with van der Waals surface area (Å²) in [5.74, 6) is 0.697. The third-order valence-electron chi connectivity index (χ3n) is 5.83. The fourth-order valence-electron chi connectivity index (χ4n) is 3.76. The Hall–Kier alpha value is -4.92. The molecular formula is C28H36N8O. The van der Waals surface area contributed by atoms with E-state index < -0.39 is 0 Å². The zero-order valence-corrected chi connectivity index (χ0v) is 21.2. The second-order valence-electron chi connectivity index (χ2n) is 8.59. The van der Waals surface area contributed by atoms with Gasteiger partial charge in [-0.2, -0.15) is 0 Å². The molecule has 0 amide bonds. The van der Waals surface area contributed by atoms with Crippen LogP contribution in [0.15, 0.2) is 72.8 Å². The molecule has 4 rings (SSSR count). The van der Waals surface area contributed by atoms with E-state index in [0.29, 0.717) is 41.6 Å². The summed E-state index contributed by atoms with van der Waals surface area (Å²) in [5, 5.41) is 6.54. The minimum Gasteiger partial charge on any atom is -0.495 e. The average molecular weight is 501 g/mol. The Morgan fingerprint density at radius 2 is 1.08 bits per heavy atom. The van der Waals surface area contributed by atoms with Crippen molar-refractivity contribution in [3.05, 3.63) is 89.5 Å². The molecule has 0 heterocycles. The largest absolute Gasteiger partial charge is 0.495 e. The molecule has 0 aromatic heterocycles. The molecule has 9 heteroatoms. The van der Waals surface area contributed by atoms with Crippen LogP contribution >= 0.6 is 0 Å². The number of nitrogen functional groups attached to an aromatic ring is 6. The SMILES string of the molecule is COc1cccc(N)c1NCc1cc(N)ccc1N.Cc1cccc(N)c1NCc1cc(N)ccc1N. The second-order valence-corrected chi connectivity index (χ2v) is 8.59. The van der Waals surface area contributed by atoms with Gasteiger partial charge in [-0.1, -0.05) is 18.2 Å². The molecule has 0 unspecified atom stereocenters. The Bertz CT molecular complexity index is 1340. The maximum Gasteiger partial charge on any atom is 0.144 e. The maximum atomic E-state index is 5.94. The van der Waals surface area contributed by atoms with Crippen molar-refractivity contribution in [2.75, 3.05) is 52.1 Å². The second kappa shape index (κ2) is 12.2. The van der Waals surface area contributed by atoms with E-state index >= 15 is 0 Å². The first-order valence-corrected chi connectivity index (χ1v) is 11.7. The van der Waals surface area contributed by atoms with Gasteiger partial charge in [-0.15, -0.1) is 0 Å². The van der Waals surface area contributed by atoms with E-state index in [4.69, 9.17) is 39.1 Å². The standard InChI is InChI=1S/C14H18N4O.C14H18N4/c1-19-13-4-2-3-12(17)14(13)18-8-9-7-10(15)5-6-11(9)16;1-9-3-2-4-13(17)14(9)18-8-10-7-11(15)5-6-12(10)16/h2-7,18H,8,15-17H2,1H3;2-7,18H,8,15-17H2,1H3. The smallest absolute Gasteiger partial charge is 0.144 e. The van der Waals surface area contributed by atoms with Crippen LogP contribution in [0.1, 0.15) is 16.7 Å². The lowest BCUT2D eigenvalue weighted by Crippen LogP contribution is -2.06. The highest BCUT2D eigenvalue weighted by Gasteiger charge is 2.08. The minimum absolute atomic E-state index is 0.529. The van der Waals surface area contributed by atoms with Crippen molar-refractivity contribution in [2.24, 2.45) is 0 Å². The van der Waals surface area contributed by atoms with Crippen molar-refractivity contribution in [1.29, 1.82) is 0 Å². The lowest BCUT2D eigenvalue weighted by Gasteiger charge is -2.14. The third-order valence-corrected chi connectivity index (χ3v) is 5.83. The summed E-state index contributed by atoms with van der Waals surface area (Å²) in [6.07, 6.45) is 0. The van der Waals surface area contributed by atoms with Gasteiger partial charge >= 0.3 is 0 Å². The highest BCUT2D eigenvalue weighted by atomic mass is 16.5. The Labute approximate surface area is 217 Å². The van der Waals surface area contributed by atoms with Gasteiger partial charge in [0.25, 0.3) is 0 Å². The van der Waals surface area contributed by atoms with Gasteiger partial charge < -0.3 is 49.8 Å². The van der Waals surface area contributed by atoms with Crippen LogP contribution in [0, 0.1) is 6.92 Å². The summed E-state index contributed by atoms with van der Waals surface area (Å²) in [4.78, 5) is 0. The van der Waals surface area contributed by atoms with Crippen molar-refractivity contribution in [3.63, 3.8) is 0 Å². The fourth-order valence-corrected chi connectivity index (χ4v) is 3.76. The number of hydrogen-bond donors (Lipinski definition) is 8. The number of aryl methyl sites for hydroxylation is 1.